The van der Waals surface area contributed by atoms with E-state index in [4.69, 9.17) is 9.47 Å². The van der Waals surface area contributed by atoms with Gasteiger partial charge in [-0.2, -0.15) is 0 Å². The summed E-state index contributed by atoms with van der Waals surface area (Å²) in [5, 5.41) is 2.72. The van der Waals surface area contributed by atoms with Crippen molar-refractivity contribution in [3.8, 4) is 0 Å². The van der Waals surface area contributed by atoms with Crippen molar-refractivity contribution < 1.29 is 23.5 Å². The first-order chi connectivity index (χ1) is 13.0. The molecule has 1 aliphatic heterocycles. The number of hydrogen-bond acceptors (Lipinski definition) is 5. The number of benzene rings is 2. The molecule has 27 heavy (non-hydrogen) atoms. The number of morpholine rings is 1. The first kappa shape index (κ1) is 18.8. The van der Waals surface area contributed by atoms with E-state index in [1.807, 2.05) is 12.1 Å². The molecule has 0 radical (unpaired) electrons. The number of halogens is 1. The zero-order valence-corrected chi connectivity index (χ0v) is 15.0. The van der Waals surface area contributed by atoms with Gasteiger partial charge in [0.15, 0.2) is 6.10 Å². The highest BCUT2D eigenvalue weighted by molar-refractivity contribution is 5.97. The van der Waals surface area contributed by atoms with Crippen molar-refractivity contribution in [2.24, 2.45) is 0 Å². The minimum Gasteiger partial charge on any atom is -0.449 e. The molecule has 2 aromatic carbocycles. The maximum atomic E-state index is 12.9. The van der Waals surface area contributed by atoms with Crippen LogP contribution in [-0.2, 0) is 14.3 Å². The van der Waals surface area contributed by atoms with Gasteiger partial charge in [-0.1, -0.05) is 0 Å². The number of rotatable bonds is 5. The van der Waals surface area contributed by atoms with E-state index in [2.05, 4.69) is 10.2 Å². The molecule has 1 aliphatic rings. The Bertz CT molecular complexity index is 787. The van der Waals surface area contributed by atoms with Gasteiger partial charge >= 0.3 is 5.97 Å². The second kappa shape index (κ2) is 8.64. The van der Waals surface area contributed by atoms with Crippen LogP contribution in [0, 0.1) is 5.82 Å². The molecule has 0 aliphatic carbocycles. The van der Waals surface area contributed by atoms with E-state index in [9.17, 15) is 14.0 Å². The van der Waals surface area contributed by atoms with Gasteiger partial charge in [0.1, 0.15) is 5.82 Å². The Labute approximate surface area is 156 Å². The number of anilines is 2. The molecule has 2 aromatic rings. The smallest absolute Gasteiger partial charge is 0.338 e. The fraction of sp³-hybridized carbons (Fsp3) is 0.300. The highest BCUT2D eigenvalue weighted by Crippen LogP contribution is 2.19. The van der Waals surface area contributed by atoms with E-state index in [0.29, 0.717) is 18.9 Å². The zero-order chi connectivity index (χ0) is 19.2. The Balaban J connectivity index is 1.54. The SMILES string of the molecule is C[C@@H](OC(=O)c1ccc(F)cc1)C(=O)Nc1ccc(N2CCOCC2)cc1. The van der Waals surface area contributed by atoms with Crippen LogP contribution < -0.4 is 10.2 Å². The first-order valence-electron chi connectivity index (χ1n) is 8.73. The maximum absolute atomic E-state index is 12.9. The van der Waals surface area contributed by atoms with Crippen molar-refractivity contribution in [2.45, 2.75) is 13.0 Å². The normalized spacial score (nSPS) is 15.1. The molecule has 1 fully saturated rings. The Morgan fingerprint density at radius 1 is 1.07 bits per heavy atom. The second-order valence-corrected chi connectivity index (χ2v) is 6.19. The average molecular weight is 372 g/mol. The molecule has 1 saturated heterocycles. The summed E-state index contributed by atoms with van der Waals surface area (Å²) < 4.78 is 23.4. The third-order valence-corrected chi connectivity index (χ3v) is 4.24. The lowest BCUT2D eigenvalue weighted by atomic mass is 10.2. The molecule has 1 amide bonds. The minimum atomic E-state index is -0.985. The maximum Gasteiger partial charge on any atom is 0.338 e. The quantitative estimate of drug-likeness (QED) is 0.818. The lowest BCUT2D eigenvalue weighted by molar-refractivity contribution is -0.123. The summed E-state index contributed by atoms with van der Waals surface area (Å²) >= 11 is 0. The average Bonchev–Trinajstić information content (AvgIpc) is 2.69. The summed E-state index contributed by atoms with van der Waals surface area (Å²) in [6.07, 6.45) is -0.985. The first-order valence-corrected chi connectivity index (χ1v) is 8.73. The van der Waals surface area contributed by atoms with Gasteiger partial charge in [-0.15, -0.1) is 0 Å². The van der Waals surface area contributed by atoms with Crippen molar-refractivity contribution in [1.29, 1.82) is 0 Å². The number of esters is 1. The van der Waals surface area contributed by atoms with Crippen LogP contribution in [0.25, 0.3) is 0 Å². The second-order valence-electron chi connectivity index (χ2n) is 6.19. The fourth-order valence-corrected chi connectivity index (χ4v) is 2.69. The van der Waals surface area contributed by atoms with E-state index >= 15 is 0 Å². The zero-order valence-electron chi connectivity index (χ0n) is 15.0. The third-order valence-electron chi connectivity index (χ3n) is 4.24. The summed E-state index contributed by atoms with van der Waals surface area (Å²) in [7, 11) is 0. The van der Waals surface area contributed by atoms with E-state index in [1.165, 1.54) is 19.1 Å². The van der Waals surface area contributed by atoms with Gasteiger partial charge < -0.3 is 19.7 Å². The fourth-order valence-electron chi connectivity index (χ4n) is 2.69. The van der Waals surface area contributed by atoms with E-state index in [0.717, 1.165) is 30.9 Å². The van der Waals surface area contributed by atoms with Crippen molar-refractivity contribution >= 4 is 23.3 Å². The summed E-state index contributed by atoms with van der Waals surface area (Å²) in [6.45, 7) is 4.56. The molecule has 1 heterocycles. The molecule has 3 rings (SSSR count). The van der Waals surface area contributed by atoms with Gasteiger partial charge in [0.2, 0.25) is 0 Å². The van der Waals surface area contributed by atoms with Gasteiger partial charge in [0, 0.05) is 24.5 Å². The van der Waals surface area contributed by atoms with Crippen molar-refractivity contribution in [3.63, 3.8) is 0 Å². The molecule has 0 unspecified atom stereocenters. The molecule has 0 bridgehead atoms. The van der Waals surface area contributed by atoms with Crippen molar-refractivity contribution in [3.05, 3.63) is 59.9 Å². The van der Waals surface area contributed by atoms with Crippen LogP contribution in [0.15, 0.2) is 48.5 Å². The molecule has 1 N–H and O–H groups in total. The van der Waals surface area contributed by atoms with Gasteiger partial charge in [0.25, 0.3) is 5.91 Å². The van der Waals surface area contributed by atoms with Crippen LogP contribution in [0.5, 0.6) is 0 Å². The number of nitrogens with zero attached hydrogens (tertiary/aromatic N) is 1. The number of carbonyl (C=O) groups is 2. The topological polar surface area (TPSA) is 67.9 Å². The van der Waals surface area contributed by atoms with Gasteiger partial charge in [-0.25, -0.2) is 9.18 Å². The van der Waals surface area contributed by atoms with Crippen LogP contribution in [-0.4, -0.2) is 44.3 Å². The van der Waals surface area contributed by atoms with Crippen LogP contribution in [0.4, 0.5) is 15.8 Å². The van der Waals surface area contributed by atoms with Gasteiger partial charge in [0.05, 0.1) is 18.8 Å². The van der Waals surface area contributed by atoms with Crippen molar-refractivity contribution in [2.75, 3.05) is 36.5 Å². The van der Waals surface area contributed by atoms with Crippen LogP contribution >= 0.6 is 0 Å². The predicted octanol–water partition coefficient (Wildman–Crippen LogP) is 2.85. The van der Waals surface area contributed by atoms with Crippen molar-refractivity contribution in [1.82, 2.24) is 0 Å². The molecule has 6 nitrogen and oxygen atoms in total. The van der Waals surface area contributed by atoms with Gasteiger partial charge in [-0.3, -0.25) is 4.79 Å². The molecular weight excluding hydrogens is 351 g/mol. The van der Waals surface area contributed by atoms with E-state index < -0.39 is 23.8 Å². The van der Waals surface area contributed by atoms with E-state index in [-0.39, 0.29) is 5.56 Å². The Hall–Kier alpha value is -2.93. The lowest BCUT2D eigenvalue weighted by Crippen LogP contribution is -2.36. The van der Waals surface area contributed by atoms with Gasteiger partial charge in [-0.05, 0) is 55.5 Å². The number of amides is 1. The molecule has 0 saturated carbocycles. The summed E-state index contributed by atoms with van der Waals surface area (Å²) in [4.78, 5) is 26.5. The number of carbonyl (C=O) groups excluding carboxylic acids is 2. The Morgan fingerprint density at radius 3 is 2.33 bits per heavy atom. The minimum absolute atomic E-state index is 0.186. The highest BCUT2D eigenvalue weighted by Gasteiger charge is 2.19. The Kier molecular flexibility index (Phi) is 6.03. The number of nitrogens with one attached hydrogen (secondary N) is 1. The van der Waals surface area contributed by atoms with E-state index in [1.54, 1.807) is 12.1 Å². The summed E-state index contributed by atoms with van der Waals surface area (Å²) in [6, 6.07) is 12.4. The monoisotopic (exact) mass is 372 g/mol. The molecule has 142 valence electrons. The highest BCUT2D eigenvalue weighted by atomic mass is 19.1. The molecule has 7 heteroatoms. The predicted molar refractivity (Wildman–Crippen MR) is 99.4 cm³/mol. The number of ether oxygens (including phenoxy) is 2. The number of hydrogen-bond donors (Lipinski definition) is 1. The Morgan fingerprint density at radius 2 is 1.70 bits per heavy atom. The largest absolute Gasteiger partial charge is 0.449 e. The van der Waals surface area contributed by atoms with Crippen LogP contribution in [0.3, 0.4) is 0 Å². The molecule has 0 spiro atoms. The molecular formula is C20H21FN2O4. The molecule has 1 atom stereocenters. The standard InChI is InChI=1S/C20H21FN2O4/c1-14(27-20(25)15-2-4-16(21)5-3-15)19(24)22-17-6-8-18(9-7-17)23-10-12-26-13-11-23/h2-9,14H,10-13H2,1H3,(H,22,24)/t14-/m1/s1. The van der Waals surface area contributed by atoms with Crippen LogP contribution in [0.2, 0.25) is 0 Å². The van der Waals surface area contributed by atoms with Crippen LogP contribution in [0.1, 0.15) is 17.3 Å². The third kappa shape index (κ3) is 5.04. The molecule has 0 aromatic heterocycles. The summed E-state index contributed by atoms with van der Waals surface area (Å²) in [5.74, 6) is -1.57. The lowest BCUT2D eigenvalue weighted by Gasteiger charge is -2.28. The summed E-state index contributed by atoms with van der Waals surface area (Å²) in [5.41, 5.74) is 1.86.